The summed E-state index contributed by atoms with van der Waals surface area (Å²) in [5, 5.41) is 7.35. The van der Waals surface area contributed by atoms with Crippen LogP contribution < -0.4 is 10.5 Å². The van der Waals surface area contributed by atoms with Gasteiger partial charge in [-0.2, -0.15) is 13.2 Å². The highest BCUT2D eigenvalue weighted by atomic mass is 19.4. The van der Waals surface area contributed by atoms with Crippen molar-refractivity contribution >= 4 is 6.09 Å². The predicted molar refractivity (Wildman–Crippen MR) is 69.1 cm³/mol. The zero-order valence-electron chi connectivity index (χ0n) is 12.5. The highest BCUT2D eigenvalue weighted by Gasteiger charge is 2.29. The average Bonchev–Trinajstić information content (AvgIpc) is 2.95. The standard InChI is InChI=1S/C12H16F3N3O6/c13-12(14,15)6-20-3-4-21-11-18-17-9(24-11)8-2-1-7(5-22-8)23-10(16)19/h7-8H,1-6H2,(H2,16,19)/t7-,8+/m1/s1. The number of carbonyl (C=O) groups excluding carboxylic acids is 1. The van der Waals surface area contributed by atoms with Crippen LogP contribution in [0, 0.1) is 0 Å². The number of halogens is 3. The topological polar surface area (TPSA) is 119 Å². The molecule has 1 aromatic heterocycles. The van der Waals surface area contributed by atoms with Crippen molar-refractivity contribution in [3.63, 3.8) is 0 Å². The summed E-state index contributed by atoms with van der Waals surface area (Å²) in [6.07, 6.45) is -5.38. The molecule has 12 heteroatoms. The van der Waals surface area contributed by atoms with Crippen molar-refractivity contribution < 1.29 is 41.3 Å². The van der Waals surface area contributed by atoms with Gasteiger partial charge in [0.1, 0.15) is 25.4 Å². The number of amides is 1. The zero-order chi connectivity index (χ0) is 17.6. The maximum absolute atomic E-state index is 11.9. The molecule has 9 nitrogen and oxygen atoms in total. The van der Waals surface area contributed by atoms with E-state index in [0.717, 1.165) is 0 Å². The van der Waals surface area contributed by atoms with E-state index in [1.165, 1.54) is 0 Å². The van der Waals surface area contributed by atoms with Crippen LogP contribution in [0.25, 0.3) is 0 Å². The number of nitrogens with zero attached hydrogens (tertiary/aromatic N) is 2. The Morgan fingerprint density at radius 2 is 2.08 bits per heavy atom. The van der Waals surface area contributed by atoms with Crippen molar-refractivity contribution in [3.05, 3.63) is 5.89 Å². The third-order valence-corrected chi connectivity index (χ3v) is 2.93. The van der Waals surface area contributed by atoms with Crippen LogP contribution in [0.2, 0.25) is 0 Å². The highest BCUT2D eigenvalue weighted by Crippen LogP contribution is 2.29. The van der Waals surface area contributed by atoms with Gasteiger partial charge in [0, 0.05) is 0 Å². The fraction of sp³-hybridized carbons (Fsp3) is 0.750. The first-order chi connectivity index (χ1) is 11.3. The number of rotatable bonds is 7. The summed E-state index contributed by atoms with van der Waals surface area (Å²) in [4.78, 5) is 10.6. The molecule has 1 amide bonds. The first-order valence-electron chi connectivity index (χ1n) is 7.02. The Morgan fingerprint density at radius 3 is 2.71 bits per heavy atom. The van der Waals surface area contributed by atoms with Gasteiger partial charge < -0.3 is 29.1 Å². The Balaban J connectivity index is 1.69. The number of alkyl halides is 3. The Bertz CT molecular complexity index is 530. The molecule has 2 heterocycles. The molecular formula is C12H16F3N3O6. The Labute approximate surface area is 134 Å². The van der Waals surface area contributed by atoms with Crippen molar-refractivity contribution in [1.29, 1.82) is 0 Å². The number of hydrogen-bond acceptors (Lipinski definition) is 8. The largest absolute Gasteiger partial charge is 0.447 e. The summed E-state index contributed by atoms with van der Waals surface area (Å²) in [5.74, 6) is 0.165. The van der Waals surface area contributed by atoms with Gasteiger partial charge in [-0.15, -0.1) is 5.10 Å². The lowest BCUT2D eigenvalue weighted by molar-refractivity contribution is -0.175. The summed E-state index contributed by atoms with van der Waals surface area (Å²) in [6.45, 7) is -1.66. The van der Waals surface area contributed by atoms with Gasteiger partial charge in [-0.3, -0.25) is 0 Å². The van der Waals surface area contributed by atoms with E-state index < -0.39 is 31.1 Å². The second-order valence-electron chi connectivity index (χ2n) is 4.88. The van der Waals surface area contributed by atoms with Crippen molar-refractivity contribution in [2.45, 2.75) is 31.2 Å². The van der Waals surface area contributed by atoms with Crippen LogP contribution in [-0.4, -0.2) is 55.0 Å². The van der Waals surface area contributed by atoms with E-state index in [1.807, 2.05) is 0 Å². The number of aromatic nitrogens is 2. The number of hydrogen-bond donors (Lipinski definition) is 1. The van der Waals surface area contributed by atoms with Gasteiger partial charge in [0.2, 0.25) is 5.89 Å². The molecule has 0 spiro atoms. The molecule has 1 aliphatic rings. The van der Waals surface area contributed by atoms with Gasteiger partial charge >= 0.3 is 18.3 Å². The van der Waals surface area contributed by atoms with Gasteiger partial charge in [0.15, 0.2) is 0 Å². The molecule has 0 radical (unpaired) electrons. The average molecular weight is 355 g/mol. The third kappa shape index (κ3) is 6.20. The Kier molecular flexibility index (Phi) is 6.20. The van der Waals surface area contributed by atoms with Crippen LogP contribution in [0.1, 0.15) is 24.8 Å². The summed E-state index contributed by atoms with van der Waals surface area (Å²) in [5.41, 5.74) is 4.92. The lowest BCUT2D eigenvalue weighted by atomic mass is 10.1. The fourth-order valence-electron chi connectivity index (χ4n) is 1.96. The van der Waals surface area contributed by atoms with Crippen LogP contribution in [0.3, 0.4) is 0 Å². The van der Waals surface area contributed by atoms with E-state index in [4.69, 9.17) is 24.4 Å². The zero-order valence-corrected chi connectivity index (χ0v) is 12.5. The Morgan fingerprint density at radius 1 is 1.29 bits per heavy atom. The van der Waals surface area contributed by atoms with E-state index in [2.05, 4.69) is 14.9 Å². The van der Waals surface area contributed by atoms with Gasteiger partial charge in [0.25, 0.3) is 0 Å². The first-order valence-corrected chi connectivity index (χ1v) is 7.02. The second kappa shape index (κ2) is 8.15. The molecule has 0 unspecified atom stereocenters. The molecule has 0 bridgehead atoms. The molecule has 1 saturated heterocycles. The van der Waals surface area contributed by atoms with Crippen LogP contribution in [0.4, 0.5) is 18.0 Å². The predicted octanol–water partition coefficient (Wildman–Crippen LogP) is 1.34. The second-order valence-corrected chi connectivity index (χ2v) is 4.88. The SMILES string of the molecule is NC(=O)O[C@@H]1CC[C@@H](c2nnc(OCCOCC(F)(F)F)o2)OC1. The summed E-state index contributed by atoms with van der Waals surface area (Å²) >= 11 is 0. The normalized spacial score (nSPS) is 21.5. The minimum Gasteiger partial charge on any atom is -0.447 e. The van der Waals surface area contributed by atoms with Crippen LogP contribution in [-0.2, 0) is 14.2 Å². The van der Waals surface area contributed by atoms with Gasteiger partial charge in [-0.25, -0.2) is 4.79 Å². The molecule has 1 aliphatic heterocycles. The number of nitrogens with two attached hydrogens (primary N) is 1. The fourth-order valence-corrected chi connectivity index (χ4v) is 1.96. The molecule has 24 heavy (non-hydrogen) atoms. The number of ether oxygens (including phenoxy) is 4. The van der Waals surface area contributed by atoms with Crippen LogP contribution >= 0.6 is 0 Å². The monoisotopic (exact) mass is 355 g/mol. The minimum atomic E-state index is -4.38. The lowest BCUT2D eigenvalue weighted by Crippen LogP contribution is -2.31. The van der Waals surface area contributed by atoms with Gasteiger partial charge in [0.05, 0.1) is 13.2 Å². The molecule has 0 saturated carbocycles. The van der Waals surface area contributed by atoms with E-state index >= 15 is 0 Å². The summed E-state index contributed by atoms with van der Waals surface area (Å²) < 4.78 is 60.4. The van der Waals surface area contributed by atoms with Gasteiger partial charge in [-0.1, -0.05) is 5.10 Å². The van der Waals surface area contributed by atoms with Crippen LogP contribution in [0.15, 0.2) is 4.42 Å². The smallest absolute Gasteiger partial charge is 0.414 e. The summed E-state index contributed by atoms with van der Waals surface area (Å²) in [7, 11) is 0. The van der Waals surface area contributed by atoms with E-state index in [9.17, 15) is 18.0 Å². The van der Waals surface area contributed by atoms with Crippen molar-refractivity contribution in [3.8, 4) is 6.08 Å². The number of carbonyl (C=O) groups is 1. The van der Waals surface area contributed by atoms with E-state index in [0.29, 0.717) is 12.8 Å². The first kappa shape index (κ1) is 18.3. The quantitative estimate of drug-likeness (QED) is 0.728. The molecule has 2 N–H and O–H groups in total. The lowest BCUT2D eigenvalue weighted by Gasteiger charge is -2.26. The molecule has 1 fully saturated rings. The number of primary amides is 1. The molecule has 2 atom stereocenters. The maximum Gasteiger partial charge on any atom is 0.414 e. The Hall–Kier alpha value is -2.08. The van der Waals surface area contributed by atoms with Gasteiger partial charge in [-0.05, 0) is 12.8 Å². The molecular weight excluding hydrogens is 339 g/mol. The van der Waals surface area contributed by atoms with Crippen molar-refractivity contribution in [2.24, 2.45) is 5.73 Å². The summed E-state index contributed by atoms with van der Waals surface area (Å²) in [6, 6.07) is 0. The molecule has 0 aromatic carbocycles. The molecule has 136 valence electrons. The van der Waals surface area contributed by atoms with Crippen molar-refractivity contribution in [2.75, 3.05) is 26.4 Å². The maximum atomic E-state index is 11.9. The highest BCUT2D eigenvalue weighted by molar-refractivity contribution is 5.64. The third-order valence-electron chi connectivity index (χ3n) is 2.93. The van der Waals surface area contributed by atoms with Crippen molar-refractivity contribution in [1.82, 2.24) is 10.2 Å². The molecule has 0 aliphatic carbocycles. The van der Waals surface area contributed by atoms with E-state index in [-0.39, 0.29) is 31.8 Å². The molecule has 2 rings (SSSR count). The molecule has 1 aromatic rings. The van der Waals surface area contributed by atoms with E-state index in [1.54, 1.807) is 0 Å². The van der Waals surface area contributed by atoms with Crippen LogP contribution in [0.5, 0.6) is 6.08 Å². The minimum absolute atomic E-state index is 0.136.